The van der Waals surface area contributed by atoms with Gasteiger partial charge in [0.05, 0.1) is 6.26 Å². The smallest absolute Gasteiger partial charge is 0.211 e. The van der Waals surface area contributed by atoms with Gasteiger partial charge in [0.2, 0.25) is 10.0 Å². The van der Waals surface area contributed by atoms with Crippen molar-refractivity contribution < 1.29 is 8.42 Å². The Bertz CT molecular complexity index is 240. The second kappa shape index (κ2) is 3.32. The molecule has 0 amide bonds. The van der Waals surface area contributed by atoms with Gasteiger partial charge < -0.3 is 5.32 Å². The highest BCUT2D eigenvalue weighted by molar-refractivity contribution is 7.88. The molecule has 0 aromatic rings. The molecule has 1 saturated heterocycles. The van der Waals surface area contributed by atoms with Crippen molar-refractivity contribution in [3.63, 3.8) is 0 Å². The van der Waals surface area contributed by atoms with Crippen molar-refractivity contribution >= 4 is 10.0 Å². The summed E-state index contributed by atoms with van der Waals surface area (Å²) in [5.41, 5.74) is 0. The number of sulfonamides is 1. The minimum Gasteiger partial charge on any atom is -0.309 e. The van der Waals surface area contributed by atoms with Gasteiger partial charge in [-0.05, 0) is 13.8 Å². The molecule has 72 valence electrons. The Morgan fingerprint density at radius 1 is 1.25 bits per heavy atom. The highest BCUT2D eigenvalue weighted by Gasteiger charge is 2.26. The molecule has 0 spiro atoms. The fourth-order valence-electron chi connectivity index (χ4n) is 1.55. The Balaban J connectivity index is 2.68. The molecule has 1 aliphatic rings. The molecular formula is C7H16N2O2S. The maximum Gasteiger partial charge on any atom is 0.211 e. The van der Waals surface area contributed by atoms with Gasteiger partial charge in [-0.25, -0.2) is 8.42 Å². The van der Waals surface area contributed by atoms with Crippen LogP contribution in [0.25, 0.3) is 0 Å². The van der Waals surface area contributed by atoms with Crippen molar-refractivity contribution in [1.82, 2.24) is 9.62 Å². The largest absolute Gasteiger partial charge is 0.309 e. The highest BCUT2D eigenvalue weighted by atomic mass is 32.2. The molecule has 1 unspecified atom stereocenters. The van der Waals surface area contributed by atoms with Crippen LogP contribution in [0.3, 0.4) is 0 Å². The maximum atomic E-state index is 11.2. The topological polar surface area (TPSA) is 49.4 Å². The lowest BCUT2D eigenvalue weighted by atomic mass is 10.2. The predicted molar refractivity (Wildman–Crippen MR) is 48.5 cm³/mol. The van der Waals surface area contributed by atoms with Crippen LogP contribution >= 0.6 is 0 Å². The van der Waals surface area contributed by atoms with Crippen molar-refractivity contribution in [1.29, 1.82) is 0 Å². The molecule has 1 N–H and O–H groups in total. The van der Waals surface area contributed by atoms with Gasteiger partial charge in [0.25, 0.3) is 0 Å². The lowest BCUT2D eigenvalue weighted by Crippen LogP contribution is -2.55. The van der Waals surface area contributed by atoms with E-state index in [1.807, 2.05) is 13.8 Å². The molecule has 0 bridgehead atoms. The van der Waals surface area contributed by atoms with Crippen LogP contribution in [0.15, 0.2) is 0 Å². The zero-order valence-electron chi connectivity index (χ0n) is 7.74. The van der Waals surface area contributed by atoms with Crippen LogP contribution in [-0.4, -0.2) is 44.2 Å². The number of hydrogen-bond acceptors (Lipinski definition) is 3. The van der Waals surface area contributed by atoms with Gasteiger partial charge in [-0.3, -0.25) is 0 Å². The molecule has 0 saturated carbocycles. The maximum absolute atomic E-state index is 11.2. The molecule has 1 heterocycles. The molecule has 4 nitrogen and oxygen atoms in total. The summed E-state index contributed by atoms with van der Waals surface area (Å²) in [5, 5.41) is 3.28. The first kappa shape index (κ1) is 9.95. The molecule has 1 fully saturated rings. The van der Waals surface area contributed by atoms with E-state index in [1.54, 1.807) is 0 Å². The van der Waals surface area contributed by atoms with Crippen LogP contribution in [0.2, 0.25) is 0 Å². The molecule has 0 aliphatic carbocycles. The number of nitrogens with one attached hydrogen (secondary N) is 1. The van der Waals surface area contributed by atoms with Gasteiger partial charge in [-0.2, -0.15) is 4.31 Å². The normalized spacial score (nSPS) is 33.6. The van der Waals surface area contributed by atoms with E-state index >= 15 is 0 Å². The summed E-state index contributed by atoms with van der Waals surface area (Å²) in [5.74, 6) is 0. The number of piperazine rings is 1. The summed E-state index contributed by atoms with van der Waals surface area (Å²) in [6, 6.07) is 0.506. The fraction of sp³-hybridized carbons (Fsp3) is 1.00. The molecule has 2 atom stereocenters. The van der Waals surface area contributed by atoms with Gasteiger partial charge in [0.15, 0.2) is 0 Å². The number of hydrogen-bond donors (Lipinski definition) is 1. The van der Waals surface area contributed by atoms with Gasteiger partial charge in [0, 0.05) is 25.2 Å². The number of rotatable bonds is 1. The van der Waals surface area contributed by atoms with Crippen LogP contribution in [0.5, 0.6) is 0 Å². The minimum atomic E-state index is -3.00. The quantitative estimate of drug-likeness (QED) is 0.616. The summed E-state index contributed by atoms with van der Waals surface area (Å²) < 4.78 is 23.9. The Hall–Kier alpha value is -0.130. The van der Waals surface area contributed by atoms with Crippen molar-refractivity contribution in [3.05, 3.63) is 0 Å². The van der Waals surface area contributed by atoms with Crippen molar-refractivity contribution in [3.8, 4) is 0 Å². The average Bonchev–Trinajstić information content (AvgIpc) is 1.82. The Morgan fingerprint density at radius 3 is 2.00 bits per heavy atom. The summed E-state index contributed by atoms with van der Waals surface area (Å²) in [4.78, 5) is 0. The minimum absolute atomic E-state index is 0.253. The molecule has 1 aliphatic heterocycles. The SMILES string of the molecule is CC1CN(S(C)(=O)=O)C[C@H](C)N1. The van der Waals surface area contributed by atoms with Gasteiger partial charge in [-0.1, -0.05) is 0 Å². The van der Waals surface area contributed by atoms with E-state index in [2.05, 4.69) is 5.32 Å². The molecule has 0 aromatic carbocycles. The first-order valence-corrected chi connectivity index (χ1v) is 5.95. The second-order valence-electron chi connectivity index (χ2n) is 3.55. The van der Waals surface area contributed by atoms with E-state index in [0.717, 1.165) is 0 Å². The summed E-state index contributed by atoms with van der Waals surface area (Å²) in [6.45, 7) is 5.16. The Kier molecular flexibility index (Phi) is 2.75. The first-order chi connectivity index (χ1) is 5.39. The van der Waals surface area contributed by atoms with Gasteiger partial charge >= 0.3 is 0 Å². The zero-order chi connectivity index (χ0) is 9.35. The van der Waals surface area contributed by atoms with Crippen LogP contribution in [0, 0.1) is 0 Å². The van der Waals surface area contributed by atoms with Crippen molar-refractivity contribution in [2.75, 3.05) is 19.3 Å². The summed E-state index contributed by atoms with van der Waals surface area (Å²) >= 11 is 0. The molecule has 5 heteroatoms. The average molecular weight is 192 g/mol. The van der Waals surface area contributed by atoms with Crippen LogP contribution in [0.4, 0.5) is 0 Å². The molecule has 12 heavy (non-hydrogen) atoms. The first-order valence-electron chi connectivity index (χ1n) is 4.11. The van der Waals surface area contributed by atoms with E-state index in [-0.39, 0.29) is 12.1 Å². The second-order valence-corrected chi connectivity index (χ2v) is 5.53. The third-order valence-electron chi connectivity index (χ3n) is 1.99. The van der Waals surface area contributed by atoms with E-state index in [9.17, 15) is 8.42 Å². The highest BCUT2D eigenvalue weighted by Crippen LogP contribution is 2.07. The van der Waals surface area contributed by atoms with E-state index < -0.39 is 10.0 Å². The standard InChI is InChI=1S/C7H16N2O2S/c1-6-4-9(12(3,10)11)5-7(2)8-6/h6-8H,4-5H2,1-3H3/t6-,7?/m0/s1. The van der Waals surface area contributed by atoms with Gasteiger partial charge in [0.1, 0.15) is 0 Å². The van der Waals surface area contributed by atoms with Crippen LogP contribution in [-0.2, 0) is 10.0 Å². The van der Waals surface area contributed by atoms with Gasteiger partial charge in [-0.15, -0.1) is 0 Å². The third kappa shape index (κ3) is 2.43. The lowest BCUT2D eigenvalue weighted by molar-refractivity contribution is 0.264. The lowest BCUT2D eigenvalue weighted by Gasteiger charge is -2.34. The predicted octanol–water partition coefficient (Wildman–Crippen LogP) is -0.372. The Labute approximate surface area is 74.0 Å². The molecule has 1 rings (SSSR count). The molecular weight excluding hydrogens is 176 g/mol. The van der Waals surface area contributed by atoms with Crippen molar-refractivity contribution in [2.24, 2.45) is 0 Å². The molecule has 0 aromatic heterocycles. The number of nitrogens with zero attached hydrogens (tertiary/aromatic N) is 1. The van der Waals surface area contributed by atoms with E-state index in [1.165, 1.54) is 10.6 Å². The van der Waals surface area contributed by atoms with Crippen LogP contribution in [0.1, 0.15) is 13.8 Å². The summed E-state index contributed by atoms with van der Waals surface area (Å²) in [6.07, 6.45) is 1.26. The summed E-state index contributed by atoms with van der Waals surface area (Å²) in [7, 11) is -3.00. The van der Waals surface area contributed by atoms with Crippen molar-refractivity contribution in [2.45, 2.75) is 25.9 Å². The monoisotopic (exact) mass is 192 g/mol. The fourth-order valence-corrected chi connectivity index (χ4v) is 2.54. The molecule has 0 radical (unpaired) electrons. The van der Waals surface area contributed by atoms with Crippen LogP contribution < -0.4 is 5.32 Å². The van der Waals surface area contributed by atoms with E-state index in [0.29, 0.717) is 13.1 Å². The zero-order valence-corrected chi connectivity index (χ0v) is 8.56. The van der Waals surface area contributed by atoms with E-state index in [4.69, 9.17) is 0 Å². The third-order valence-corrected chi connectivity index (χ3v) is 3.23. The Morgan fingerprint density at radius 2 is 1.67 bits per heavy atom.